The van der Waals surface area contributed by atoms with Crippen molar-refractivity contribution < 1.29 is 4.74 Å². The highest BCUT2D eigenvalue weighted by Gasteiger charge is 2.25. The first-order valence-corrected chi connectivity index (χ1v) is 5.66. The quantitative estimate of drug-likeness (QED) is 0.841. The van der Waals surface area contributed by atoms with Crippen LogP contribution < -0.4 is 10.1 Å². The molecule has 1 saturated heterocycles. The molecular formula is C12H19N3O. The summed E-state index contributed by atoms with van der Waals surface area (Å²) >= 11 is 0. The molecule has 1 aliphatic heterocycles. The molecule has 88 valence electrons. The van der Waals surface area contributed by atoms with Gasteiger partial charge in [0.2, 0.25) is 0 Å². The molecule has 0 bridgehead atoms. The summed E-state index contributed by atoms with van der Waals surface area (Å²) in [4.78, 5) is 6.65. The Kier molecular flexibility index (Phi) is 3.29. The average molecular weight is 221 g/mol. The number of likely N-dealkylation sites (tertiary alicyclic amines) is 1. The van der Waals surface area contributed by atoms with Gasteiger partial charge in [0.05, 0.1) is 7.11 Å². The van der Waals surface area contributed by atoms with Crippen molar-refractivity contribution in [3.8, 4) is 5.75 Å². The Bertz CT molecular complexity index is 346. The van der Waals surface area contributed by atoms with Crippen LogP contribution >= 0.6 is 0 Å². The van der Waals surface area contributed by atoms with Crippen LogP contribution in [0.1, 0.15) is 13.3 Å². The van der Waals surface area contributed by atoms with E-state index in [1.807, 2.05) is 12.1 Å². The summed E-state index contributed by atoms with van der Waals surface area (Å²) in [6, 6.07) is 4.92. The fourth-order valence-corrected chi connectivity index (χ4v) is 2.12. The van der Waals surface area contributed by atoms with Crippen molar-refractivity contribution in [2.24, 2.45) is 0 Å². The lowest BCUT2D eigenvalue weighted by molar-refractivity contribution is 0.330. The second-order valence-corrected chi connectivity index (χ2v) is 4.45. The summed E-state index contributed by atoms with van der Waals surface area (Å²) in [7, 11) is 3.83. The number of hydrogen-bond donors (Lipinski definition) is 1. The van der Waals surface area contributed by atoms with Gasteiger partial charge in [-0.1, -0.05) is 0 Å². The van der Waals surface area contributed by atoms with Crippen molar-refractivity contribution in [1.29, 1.82) is 0 Å². The van der Waals surface area contributed by atoms with E-state index in [1.165, 1.54) is 0 Å². The maximum atomic E-state index is 5.17. The molecule has 1 fully saturated rings. The molecule has 1 N–H and O–H groups in total. The lowest BCUT2D eigenvalue weighted by atomic mass is 10.2. The maximum absolute atomic E-state index is 5.17. The summed E-state index contributed by atoms with van der Waals surface area (Å²) in [5.41, 5.74) is 0. The first kappa shape index (κ1) is 11.2. The van der Waals surface area contributed by atoms with E-state index in [4.69, 9.17) is 4.74 Å². The van der Waals surface area contributed by atoms with Gasteiger partial charge in [-0.05, 0) is 26.5 Å². The fraction of sp³-hybridized carbons (Fsp3) is 0.583. The highest BCUT2D eigenvalue weighted by molar-refractivity contribution is 5.41. The number of methoxy groups -OCH3 is 1. The van der Waals surface area contributed by atoms with Crippen molar-refractivity contribution in [1.82, 2.24) is 9.88 Å². The molecule has 0 spiro atoms. The van der Waals surface area contributed by atoms with Gasteiger partial charge in [0.1, 0.15) is 11.6 Å². The van der Waals surface area contributed by atoms with Gasteiger partial charge in [0.25, 0.3) is 0 Å². The minimum Gasteiger partial charge on any atom is -0.497 e. The van der Waals surface area contributed by atoms with Crippen LogP contribution in [0.4, 0.5) is 5.82 Å². The zero-order valence-electron chi connectivity index (χ0n) is 10.1. The summed E-state index contributed by atoms with van der Waals surface area (Å²) in [6.45, 7) is 3.32. The number of nitrogens with zero attached hydrogens (tertiary/aromatic N) is 2. The number of hydrogen-bond acceptors (Lipinski definition) is 4. The predicted octanol–water partition coefficient (Wildman–Crippen LogP) is 1.59. The maximum Gasteiger partial charge on any atom is 0.129 e. The molecule has 0 aromatic carbocycles. The lowest BCUT2D eigenvalue weighted by Gasteiger charge is -2.14. The second kappa shape index (κ2) is 4.70. The van der Waals surface area contributed by atoms with E-state index in [9.17, 15) is 0 Å². The molecule has 2 unspecified atom stereocenters. The third-order valence-electron chi connectivity index (χ3n) is 3.21. The summed E-state index contributed by atoms with van der Waals surface area (Å²) in [5, 5.41) is 3.44. The van der Waals surface area contributed by atoms with Crippen LogP contribution in [0.3, 0.4) is 0 Å². The third kappa shape index (κ3) is 2.44. The van der Waals surface area contributed by atoms with Gasteiger partial charge in [-0.15, -0.1) is 0 Å². The third-order valence-corrected chi connectivity index (χ3v) is 3.21. The van der Waals surface area contributed by atoms with Gasteiger partial charge >= 0.3 is 0 Å². The van der Waals surface area contributed by atoms with E-state index in [0.29, 0.717) is 12.1 Å². The molecule has 2 rings (SSSR count). The van der Waals surface area contributed by atoms with Gasteiger partial charge in [-0.25, -0.2) is 4.98 Å². The van der Waals surface area contributed by atoms with E-state index >= 15 is 0 Å². The van der Waals surface area contributed by atoms with E-state index in [1.54, 1.807) is 13.3 Å². The molecule has 16 heavy (non-hydrogen) atoms. The van der Waals surface area contributed by atoms with Crippen LogP contribution in [0.5, 0.6) is 5.75 Å². The number of likely N-dealkylation sites (N-methyl/N-ethyl adjacent to an activating group) is 1. The molecule has 0 amide bonds. The van der Waals surface area contributed by atoms with Crippen molar-refractivity contribution in [2.45, 2.75) is 25.4 Å². The molecular weight excluding hydrogens is 202 g/mol. The van der Waals surface area contributed by atoms with E-state index < -0.39 is 0 Å². The van der Waals surface area contributed by atoms with E-state index in [-0.39, 0.29) is 0 Å². The monoisotopic (exact) mass is 221 g/mol. The minimum absolute atomic E-state index is 0.486. The Morgan fingerprint density at radius 2 is 2.38 bits per heavy atom. The molecule has 1 aliphatic rings. The molecule has 1 aromatic rings. The predicted molar refractivity (Wildman–Crippen MR) is 64.9 cm³/mol. The highest BCUT2D eigenvalue weighted by atomic mass is 16.5. The van der Waals surface area contributed by atoms with Gasteiger partial charge in [-0.3, -0.25) is 0 Å². The number of nitrogens with one attached hydrogen (secondary N) is 1. The van der Waals surface area contributed by atoms with Crippen molar-refractivity contribution in [3.63, 3.8) is 0 Å². The normalized spacial score (nSPS) is 25.7. The van der Waals surface area contributed by atoms with E-state index in [0.717, 1.165) is 24.5 Å². The van der Waals surface area contributed by atoms with Crippen LogP contribution in [-0.4, -0.2) is 42.7 Å². The molecule has 0 saturated carbocycles. The molecule has 4 heteroatoms. The zero-order chi connectivity index (χ0) is 11.5. The Morgan fingerprint density at radius 1 is 1.56 bits per heavy atom. The Morgan fingerprint density at radius 3 is 3.00 bits per heavy atom. The number of aromatic nitrogens is 1. The molecule has 4 nitrogen and oxygen atoms in total. The highest BCUT2D eigenvalue weighted by Crippen LogP contribution is 2.20. The van der Waals surface area contributed by atoms with Crippen LogP contribution in [0.2, 0.25) is 0 Å². The van der Waals surface area contributed by atoms with Gasteiger partial charge in [-0.2, -0.15) is 0 Å². The Labute approximate surface area is 96.6 Å². The number of pyridine rings is 1. The van der Waals surface area contributed by atoms with Gasteiger partial charge in [0.15, 0.2) is 0 Å². The molecule has 1 aromatic heterocycles. The number of anilines is 1. The smallest absolute Gasteiger partial charge is 0.129 e. The Hall–Kier alpha value is -1.29. The van der Waals surface area contributed by atoms with Crippen LogP contribution in [-0.2, 0) is 0 Å². The molecule has 0 aliphatic carbocycles. The van der Waals surface area contributed by atoms with Crippen LogP contribution in [0, 0.1) is 0 Å². The topological polar surface area (TPSA) is 37.4 Å². The first-order chi connectivity index (χ1) is 7.69. The van der Waals surface area contributed by atoms with Crippen molar-refractivity contribution in [3.05, 3.63) is 18.3 Å². The summed E-state index contributed by atoms with van der Waals surface area (Å²) in [5.74, 6) is 1.74. The largest absolute Gasteiger partial charge is 0.497 e. The standard InChI is InChI=1S/C12H19N3O/c1-9-6-10(8-15(9)2)14-12-7-11(16-3)4-5-13-12/h4-5,7,9-10H,6,8H2,1-3H3,(H,13,14). The SMILES string of the molecule is COc1ccnc(NC2CC(C)N(C)C2)c1. The van der Waals surface area contributed by atoms with E-state index in [2.05, 4.69) is 29.2 Å². The summed E-state index contributed by atoms with van der Waals surface area (Å²) < 4.78 is 5.17. The fourth-order valence-electron chi connectivity index (χ4n) is 2.12. The van der Waals surface area contributed by atoms with Crippen LogP contribution in [0.25, 0.3) is 0 Å². The average Bonchev–Trinajstić information content (AvgIpc) is 2.58. The molecule has 2 heterocycles. The van der Waals surface area contributed by atoms with Crippen molar-refractivity contribution >= 4 is 5.82 Å². The van der Waals surface area contributed by atoms with Gasteiger partial charge < -0.3 is 15.0 Å². The zero-order valence-corrected chi connectivity index (χ0v) is 10.1. The van der Waals surface area contributed by atoms with Gasteiger partial charge in [0, 0.05) is 30.9 Å². The summed E-state index contributed by atoms with van der Waals surface area (Å²) in [6.07, 6.45) is 2.93. The van der Waals surface area contributed by atoms with Crippen molar-refractivity contribution in [2.75, 3.05) is 26.0 Å². The minimum atomic E-state index is 0.486. The number of ether oxygens (including phenoxy) is 1. The molecule has 2 atom stereocenters. The lowest BCUT2D eigenvalue weighted by Crippen LogP contribution is -2.25. The first-order valence-electron chi connectivity index (χ1n) is 5.66. The Balaban J connectivity index is 1.99. The van der Waals surface area contributed by atoms with Crippen LogP contribution in [0.15, 0.2) is 18.3 Å². The number of rotatable bonds is 3. The second-order valence-electron chi connectivity index (χ2n) is 4.45. The molecule has 0 radical (unpaired) electrons.